The van der Waals surface area contributed by atoms with E-state index in [-0.39, 0.29) is 17.7 Å². The van der Waals surface area contributed by atoms with Crippen LogP contribution in [-0.2, 0) is 24.9 Å². The van der Waals surface area contributed by atoms with Gasteiger partial charge >= 0.3 is 0 Å². The quantitative estimate of drug-likeness (QED) is 0.776. The van der Waals surface area contributed by atoms with E-state index >= 15 is 0 Å². The predicted octanol–water partition coefficient (Wildman–Crippen LogP) is 0.393. The normalized spacial score (nSPS) is 20.2. The van der Waals surface area contributed by atoms with Crippen molar-refractivity contribution in [2.45, 2.75) is 38.8 Å². The molecule has 0 radical (unpaired) electrons. The number of aromatic nitrogens is 5. The summed E-state index contributed by atoms with van der Waals surface area (Å²) in [6.45, 7) is 4.87. The van der Waals surface area contributed by atoms with Crippen molar-refractivity contribution in [3.05, 3.63) is 29.9 Å². The van der Waals surface area contributed by atoms with Gasteiger partial charge in [0, 0.05) is 46.1 Å². The molecule has 0 aliphatic carbocycles. The van der Waals surface area contributed by atoms with Crippen LogP contribution in [0.1, 0.15) is 47.8 Å². The van der Waals surface area contributed by atoms with Gasteiger partial charge in [0.05, 0.1) is 19.1 Å². The third kappa shape index (κ3) is 2.87. The minimum absolute atomic E-state index is 0.0405. The van der Waals surface area contributed by atoms with Gasteiger partial charge in [0.25, 0.3) is 5.91 Å². The Hall–Kier alpha value is -2.71. The van der Waals surface area contributed by atoms with Crippen LogP contribution in [0.5, 0.6) is 0 Å². The van der Waals surface area contributed by atoms with Crippen molar-refractivity contribution >= 4 is 11.8 Å². The minimum atomic E-state index is -0.0405. The Balaban J connectivity index is 1.51. The van der Waals surface area contributed by atoms with Gasteiger partial charge < -0.3 is 18.9 Å². The minimum Gasteiger partial charge on any atom is -0.342 e. The highest BCUT2D eigenvalue weighted by molar-refractivity contribution is 5.92. The predicted molar refractivity (Wildman–Crippen MR) is 92.2 cm³/mol. The molecule has 0 aromatic carbocycles. The fourth-order valence-corrected chi connectivity index (χ4v) is 3.85. The van der Waals surface area contributed by atoms with E-state index in [1.807, 2.05) is 11.9 Å². The van der Waals surface area contributed by atoms with Crippen molar-refractivity contribution < 1.29 is 9.59 Å². The largest absolute Gasteiger partial charge is 0.342 e. The Labute approximate surface area is 151 Å². The highest BCUT2D eigenvalue weighted by Gasteiger charge is 2.31. The number of carbonyl (C=O) groups excluding carboxylic acids is 2. The van der Waals surface area contributed by atoms with E-state index in [0.29, 0.717) is 31.9 Å². The van der Waals surface area contributed by atoms with Gasteiger partial charge in [0.1, 0.15) is 11.5 Å². The molecule has 4 rings (SSSR count). The lowest BCUT2D eigenvalue weighted by Gasteiger charge is -2.33. The molecule has 26 heavy (non-hydrogen) atoms. The second-order valence-electron chi connectivity index (χ2n) is 7.05. The Morgan fingerprint density at radius 2 is 2.00 bits per heavy atom. The lowest BCUT2D eigenvalue weighted by atomic mass is 9.97. The SMILES string of the molecule is CC(=O)N1CCCC(c2nnc3n2CCN(C(=O)c2cncn2C)C3)C1. The Bertz CT molecular complexity index is 840. The van der Waals surface area contributed by atoms with E-state index in [1.165, 1.54) is 0 Å². The van der Waals surface area contributed by atoms with Gasteiger partial charge in [-0.2, -0.15) is 0 Å². The van der Waals surface area contributed by atoms with Gasteiger partial charge in [-0.3, -0.25) is 9.59 Å². The summed E-state index contributed by atoms with van der Waals surface area (Å²) >= 11 is 0. The van der Waals surface area contributed by atoms with Gasteiger partial charge in [0.2, 0.25) is 5.91 Å². The molecule has 1 atom stereocenters. The number of hydrogen-bond acceptors (Lipinski definition) is 5. The van der Waals surface area contributed by atoms with Crippen LogP contribution in [0.2, 0.25) is 0 Å². The molecule has 9 heteroatoms. The fourth-order valence-electron chi connectivity index (χ4n) is 3.85. The second kappa shape index (κ2) is 6.54. The van der Waals surface area contributed by atoms with Gasteiger partial charge in [-0.25, -0.2) is 4.98 Å². The number of carbonyl (C=O) groups is 2. The summed E-state index contributed by atoms with van der Waals surface area (Å²) in [4.78, 5) is 32.1. The molecule has 2 aliphatic rings. The molecule has 1 fully saturated rings. The van der Waals surface area contributed by atoms with Gasteiger partial charge in [0.15, 0.2) is 5.82 Å². The van der Waals surface area contributed by atoms with Crippen molar-refractivity contribution in [1.29, 1.82) is 0 Å². The number of aryl methyl sites for hydroxylation is 1. The Morgan fingerprint density at radius 3 is 2.73 bits per heavy atom. The average molecular weight is 357 g/mol. The summed E-state index contributed by atoms with van der Waals surface area (Å²) in [5.41, 5.74) is 0.572. The first-order chi connectivity index (χ1) is 12.5. The van der Waals surface area contributed by atoms with Crippen molar-refractivity contribution in [2.75, 3.05) is 19.6 Å². The topological polar surface area (TPSA) is 89.2 Å². The molecule has 138 valence electrons. The molecular weight excluding hydrogens is 334 g/mol. The fraction of sp³-hybridized carbons (Fsp3) is 0.588. The van der Waals surface area contributed by atoms with Crippen molar-refractivity contribution in [3.63, 3.8) is 0 Å². The monoisotopic (exact) mass is 357 g/mol. The van der Waals surface area contributed by atoms with E-state index in [1.54, 1.807) is 28.9 Å². The first-order valence-corrected chi connectivity index (χ1v) is 8.97. The van der Waals surface area contributed by atoms with E-state index in [2.05, 4.69) is 19.7 Å². The average Bonchev–Trinajstić information content (AvgIpc) is 3.26. The number of nitrogens with zero attached hydrogens (tertiary/aromatic N) is 7. The molecule has 2 aromatic heterocycles. The van der Waals surface area contributed by atoms with Crippen LogP contribution in [-0.4, -0.2) is 65.6 Å². The molecule has 0 N–H and O–H groups in total. The first-order valence-electron chi connectivity index (χ1n) is 8.97. The zero-order chi connectivity index (χ0) is 18.3. The molecule has 9 nitrogen and oxygen atoms in total. The number of amides is 2. The zero-order valence-electron chi connectivity index (χ0n) is 15.1. The van der Waals surface area contributed by atoms with E-state index in [4.69, 9.17) is 0 Å². The molecule has 1 saturated heterocycles. The second-order valence-corrected chi connectivity index (χ2v) is 7.05. The zero-order valence-corrected chi connectivity index (χ0v) is 15.1. The van der Waals surface area contributed by atoms with Crippen LogP contribution in [0, 0.1) is 0 Å². The molecule has 0 spiro atoms. The molecular formula is C17H23N7O2. The summed E-state index contributed by atoms with van der Waals surface area (Å²) in [7, 11) is 1.81. The molecule has 4 heterocycles. The summed E-state index contributed by atoms with van der Waals surface area (Å²) in [5, 5.41) is 8.74. The maximum absolute atomic E-state index is 12.7. The lowest BCUT2D eigenvalue weighted by Crippen LogP contribution is -2.41. The van der Waals surface area contributed by atoms with Crippen molar-refractivity contribution in [3.8, 4) is 0 Å². The Morgan fingerprint density at radius 1 is 1.15 bits per heavy atom. The Kier molecular flexibility index (Phi) is 4.21. The maximum atomic E-state index is 12.7. The van der Waals surface area contributed by atoms with Crippen LogP contribution in [0.25, 0.3) is 0 Å². The third-order valence-electron chi connectivity index (χ3n) is 5.34. The molecule has 2 amide bonds. The first kappa shape index (κ1) is 16.7. The number of hydrogen-bond donors (Lipinski definition) is 0. The van der Waals surface area contributed by atoms with Crippen molar-refractivity contribution in [2.24, 2.45) is 7.05 Å². The van der Waals surface area contributed by atoms with Crippen LogP contribution in [0.4, 0.5) is 0 Å². The number of imidazole rings is 1. The standard InChI is InChI=1S/C17H23N7O2/c1-12(25)22-5-3-4-13(9-22)16-20-19-15-10-23(6-7-24(15)16)17(26)14-8-18-11-21(14)2/h8,11,13H,3-7,9-10H2,1-2H3. The molecule has 0 saturated carbocycles. The number of fused-ring (bicyclic) bond motifs is 1. The maximum Gasteiger partial charge on any atom is 0.272 e. The van der Waals surface area contributed by atoms with E-state index < -0.39 is 0 Å². The highest BCUT2D eigenvalue weighted by Crippen LogP contribution is 2.27. The van der Waals surface area contributed by atoms with Gasteiger partial charge in [-0.15, -0.1) is 10.2 Å². The number of rotatable bonds is 2. The summed E-state index contributed by atoms with van der Waals surface area (Å²) in [6.07, 6.45) is 5.21. The van der Waals surface area contributed by atoms with Crippen LogP contribution >= 0.6 is 0 Å². The number of piperidine rings is 1. The van der Waals surface area contributed by atoms with Gasteiger partial charge in [-0.05, 0) is 12.8 Å². The third-order valence-corrected chi connectivity index (χ3v) is 5.34. The smallest absolute Gasteiger partial charge is 0.272 e. The summed E-state index contributed by atoms with van der Waals surface area (Å²) in [6, 6.07) is 0. The highest BCUT2D eigenvalue weighted by atomic mass is 16.2. The lowest BCUT2D eigenvalue weighted by molar-refractivity contribution is -0.130. The van der Waals surface area contributed by atoms with Crippen LogP contribution in [0.3, 0.4) is 0 Å². The van der Waals surface area contributed by atoms with Crippen molar-refractivity contribution in [1.82, 2.24) is 34.1 Å². The molecule has 1 unspecified atom stereocenters. The van der Waals surface area contributed by atoms with E-state index in [9.17, 15) is 9.59 Å². The van der Waals surface area contributed by atoms with Crippen LogP contribution < -0.4 is 0 Å². The van der Waals surface area contributed by atoms with E-state index in [0.717, 1.165) is 31.0 Å². The number of likely N-dealkylation sites (tertiary alicyclic amines) is 1. The molecule has 2 aliphatic heterocycles. The molecule has 2 aromatic rings. The summed E-state index contributed by atoms with van der Waals surface area (Å²) in [5.74, 6) is 2.04. The van der Waals surface area contributed by atoms with Crippen LogP contribution in [0.15, 0.2) is 12.5 Å². The summed E-state index contributed by atoms with van der Waals surface area (Å²) < 4.78 is 3.85. The molecule has 0 bridgehead atoms. The van der Waals surface area contributed by atoms with Gasteiger partial charge in [-0.1, -0.05) is 0 Å².